The Kier molecular flexibility index (Phi) is 5.66. The Morgan fingerprint density at radius 2 is 1.51 bits per heavy atom. The number of carbonyl (C=O) groups is 1. The summed E-state index contributed by atoms with van der Waals surface area (Å²) < 4.78 is 3.41. The first-order chi connectivity index (χ1) is 18.0. The van der Waals surface area contributed by atoms with Crippen molar-refractivity contribution < 1.29 is 9.90 Å². The standard InChI is InChI=1S/C31H25N3O2S/c32-23-12-21(13-24(33)16-23)20-10-11-25-22(15-30(35)36)17-34(28(25)14-20)18-27-26-8-4-5-9-29(26)37-31(27)19-6-2-1-3-7-19/h1-14,16-17H,15,18,32-33H2,(H,35,36). The second-order valence-electron chi connectivity index (χ2n) is 9.24. The first-order valence-electron chi connectivity index (χ1n) is 12.0. The van der Waals surface area contributed by atoms with Crippen LogP contribution in [0.15, 0.2) is 97.2 Å². The molecule has 182 valence electrons. The quantitative estimate of drug-likeness (QED) is 0.213. The molecule has 5 N–H and O–H groups in total. The summed E-state index contributed by atoms with van der Waals surface area (Å²) in [6, 6.07) is 30.5. The predicted octanol–water partition coefficient (Wildman–Crippen LogP) is 7.03. The van der Waals surface area contributed by atoms with Crippen LogP contribution in [0.3, 0.4) is 0 Å². The summed E-state index contributed by atoms with van der Waals surface area (Å²) in [5.41, 5.74) is 19.4. The largest absolute Gasteiger partial charge is 0.481 e. The van der Waals surface area contributed by atoms with E-state index in [1.165, 1.54) is 26.1 Å². The number of carboxylic acids is 1. The van der Waals surface area contributed by atoms with Crippen molar-refractivity contribution in [2.45, 2.75) is 13.0 Å². The van der Waals surface area contributed by atoms with Crippen molar-refractivity contribution in [3.05, 3.63) is 108 Å². The molecule has 6 aromatic rings. The molecule has 0 bridgehead atoms. The number of benzene rings is 4. The molecule has 0 saturated heterocycles. The van der Waals surface area contributed by atoms with Crippen molar-refractivity contribution in [1.29, 1.82) is 0 Å². The summed E-state index contributed by atoms with van der Waals surface area (Å²) in [7, 11) is 0. The Morgan fingerprint density at radius 3 is 2.27 bits per heavy atom. The number of nitrogen functional groups attached to an aromatic ring is 2. The molecule has 2 heterocycles. The van der Waals surface area contributed by atoms with Gasteiger partial charge in [0.2, 0.25) is 0 Å². The van der Waals surface area contributed by atoms with Gasteiger partial charge < -0.3 is 21.1 Å². The molecule has 0 aliphatic carbocycles. The van der Waals surface area contributed by atoms with Gasteiger partial charge in [-0.1, -0.05) is 60.7 Å². The molecule has 6 rings (SSSR count). The fourth-order valence-corrected chi connectivity index (χ4v) is 6.29. The number of aliphatic carboxylic acids is 1. The lowest BCUT2D eigenvalue weighted by Gasteiger charge is -2.10. The Bertz CT molecular complexity index is 1760. The number of rotatable bonds is 6. The summed E-state index contributed by atoms with van der Waals surface area (Å²) >= 11 is 1.79. The molecule has 37 heavy (non-hydrogen) atoms. The molecule has 0 amide bonds. The monoisotopic (exact) mass is 503 g/mol. The molecule has 0 spiro atoms. The zero-order valence-electron chi connectivity index (χ0n) is 20.0. The van der Waals surface area contributed by atoms with Gasteiger partial charge in [0, 0.05) is 44.6 Å². The first-order valence-corrected chi connectivity index (χ1v) is 12.8. The van der Waals surface area contributed by atoms with Crippen LogP contribution in [-0.2, 0) is 17.8 Å². The van der Waals surface area contributed by atoms with Crippen LogP contribution in [0.1, 0.15) is 11.1 Å². The summed E-state index contributed by atoms with van der Waals surface area (Å²) in [5.74, 6) is -0.849. The summed E-state index contributed by atoms with van der Waals surface area (Å²) in [6.45, 7) is 0.618. The SMILES string of the molecule is Nc1cc(N)cc(-c2ccc3c(CC(=O)O)cn(Cc4c(-c5ccccc5)sc5ccccc45)c3c2)c1. The Hall–Kier alpha value is -4.55. The van der Waals surface area contributed by atoms with E-state index in [2.05, 4.69) is 59.2 Å². The molecule has 6 heteroatoms. The lowest BCUT2D eigenvalue weighted by Crippen LogP contribution is -2.00. The van der Waals surface area contributed by atoms with Gasteiger partial charge in [-0.05, 0) is 63.5 Å². The second-order valence-corrected chi connectivity index (χ2v) is 10.3. The van der Waals surface area contributed by atoms with Crippen molar-refractivity contribution in [3.63, 3.8) is 0 Å². The molecule has 0 radical (unpaired) electrons. The molecule has 0 saturated carbocycles. The molecule has 0 unspecified atom stereocenters. The summed E-state index contributed by atoms with van der Waals surface area (Å²) in [4.78, 5) is 12.9. The van der Waals surface area contributed by atoms with Gasteiger partial charge in [0.05, 0.1) is 6.42 Å². The molecular weight excluding hydrogens is 478 g/mol. The van der Waals surface area contributed by atoms with Crippen molar-refractivity contribution in [1.82, 2.24) is 4.57 Å². The zero-order valence-corrected chi connectivity index (χ0v) is 20.8. The third-order valence-electron chi connectivity index (χ3n) is 6.68. The number of anilines is 2. The highest BCUT2D eigenvalue weighted by Crippen LogP contribution is 2.40. The molecule has 0 aliphatic heterocycles. The average Bonchev–Trinajstić information content (AvgIpc) is 3.42. The van der Waals surface area contributed by atoms with Crippen LogP contribution < -0.4 is 11.5 Å². The van der Waals surface area contributed by atoms with Gasteiger partial charge >= 0.3 is 5.97 Å². The number of nitrogens with two attached hydrogens (primary N) is 2. The Balaban J connectivity index is 1.54. The maximum atomic E-state index is 11.7. The van der Waals surface area contributed by atoms with Crippen LogP contribution in [0.5, 0.6) is 0 Å². The maximum Gasteiger partial charge on any atom is 0.307 e. The molecule has 0 fully saturated rings. The Labute approximate surface area is 218 Å². The Morgan fingerprint density at radius 1 is 0.784 bits per heavy atom. The molecule has 4 aromatic carbocycles. The van der Waals surface area contributed by atoms with E-state index in [1.54, 1.807) is 17.4 Å². The number of thiophene rings is 1. The van der Waals surface area contributed by atoms with Crippen LogP contribution in [-0.4, -0.2) is 15.6 Å². The van der Waals surface area contributed by atoms with E-state index in [0.29, 0.717) is 17.9 Å². The van der Waals surface area contributed by atoms with E-state index in [0.717, 1.165) is 27.6 Å². The molecule has 2 aromatic heterocycles. The minimum Gasteiger partial charge on any atom is -0.481 e. The highest BCUT2D eigenvalue weighted by atomic mass is 32.1. The fourth-order valence-electron chi connectivity index (χ4n) is 5.07. The lowest BCUT2D eigenvalue weighted by molar-refractivity contribution is -0.136. The van der Waals surface area contributed by atoms with Crippen molar-refractivity contribution >= 4 is 49.7 Å². The average molecular weight is 504 g/mol. The third kappa shape index (κ3) is 4.32. The molecule has 0 atom stereocenters. The topological polar surface area (TPSA) is 94.3 Å². The van der Waals surface area contributed by atoms with E-state index in [1.807, 2.05) is 36.5 Å². The van der Waals surface area contributed by atoms with Gasteiger partial charge in [-0.25, -0.2) is 0 Å². The zero-order chi connectivity index (χ0) is 25.5. The number of hydrogen-bond donors (Lipinski definition) is 3. The summed E-state index contributed by atoms with van der Waals surface area (Å²) in [6.07, 6.45) is 1.95. The lowest BCUT2D eigenvalue weighted by atomic mass is 10.0. The third-order valence-corrected chi connectivity index (χ3v) is 7.94. The maximum absolute atomic E-state index is 11.7. The van der Waals surface area contributed by atoms with Gasteiger partial charge in [0.1, 0.15) is 0 Å². The van der Waals surface area contributed by atoms with Crippen LogP contribution >= 0.6 is 11.3 Å². The normalized spacial score (nSPS) is 11.4. The van der Waals surface area contributed by atoms with Crippen LogP contribution in [0.2, 0.25) is 0 Å². The smallest absolute Gasteiger partial charge is 0.307 e. The minimum atomic E-state index is -0.849. The van der Waals surface area contributed by atoms with E-state index in [9.17, 15) is 9.90 Å². The number of aromatic nitrogens is 1. The van der Waals surface area contributed by atoms with E-state index in [4.69, 9.17) is 11.5 Å². The van der Waals surface area contributed by atoms with Gasteiger partial charge in [0.25, 0.3) is 0 Å². The highest BCUT2D eigenvalue weighted by Gasteiger charge is 2.18. The highest BCUT2D eigenvalue weighted by molar-refractivity contribution is 7.22. The van der Waals surface area contributed by atoms with E-state index in [-0.39, 0.29) is 6.42 Å². The van der Waals surface area contributed by atoms with Crippen LogP contribution in [0.25, 0.3) is 42.6 Å². The fraction of sp³-hybridized carbons (Fsp3) is 0.0645. The predicted molar refractivity (Wildman–Crippen MR) is 154 cm³/mol. The minimum absolute atomic E-state index is 0.0377. The summed E-state index contributed by atoms with van der Waals surface area (Å²) in [5, 5.41) is 11.7. The molecule has 0 aliphatic rings. The van der Waals surface area contributed by atoms with Crippen LogP contribution in [0.4, 0.5) is 11.4 Å². The molecule has 5 nitrogen and oxygen atoms in total. The number of nitrogens with zero attached hydrogens (tertiary/aromatic N) is 1. The van der Waals surface area contributed by atoms with Crippen molar-refractivity contribution in [2.75, 3.05) is 11.5 Å². The van der Waals surface area contributed by atoms with Gasteiger partial charge in [0.15, 0.2) is 0 Å². The van der Waals surface area contributed by atoms with E-state index < -0.39 is 5.97 Å². The number of carboxylic acid groups (broad SMARTS) is 1. The van der Waals surface area contributed by atoms with E-state index >= 15 is 0 Å². The number of hydrogen-bond acceptors (Lipinski definition) is 4. The van der Waals surface area contributed by atoms with Crippen molar-refractivity contribution in [3.8, 4) is 21.6 Å². The number of fused-ring (bicyclic) bond motifs is 2. The van der Waals surface area contributed by atoms with Crippen LogP contribution in [0, 0.1) is 0 Å². The van der Waals surface area contributed by atoms with Crippen molar-refractivity contribution in [2.24, 2.45) is 0 Å². The van der Waals surface area contributed by atoms with Gasteiger partial charge in [-0.15, -0.1) is 11.3 Å². The molecular formula is C31H25N3O2S. The second kappa shape index (κ2) is 9.15. The van der Waals surface area contributed by atoms with Gasteiger partial charge in [-0.2, -0.15) is 0 Å². The first kappa shape index (κ1) is 22.9. The van der Waals surface area contributed by atoms with Gasteiger partial charge in [-0.3, -0.25) is 4.79 Å².